The highest BCUT2D eigenvalue weighted by molar-refractivity contribution is 5.22. The SMILES string of the molecule is CCCC[C@H]1CC[C@H](c2ncc(C#N)cn2)CC1. The highest BCUT2D eigenvalue weighted by atomic mass is 14.9. The van der Waals surface area contributed by atoms with E-state index in [0.717, 1.165) is 11.7 Å². The molecule has 0 bridgehead atoms. The van der Waals surface area contributed by atoms with Crippen LogP contribution in [0.2, 0.25) is 0 Å². The van der Waals surface area contributed by atoms with Gasteiger partial charge in [-0.25, -0.2) is 9.97 Å². The van der Waals surface area contributed by atoms with Gasteiger partial charge >= 0.3 is 0 Å². The maximum Gasteiger partial charge on any atom is 0.131 e. The maximum absolute atomic E-state index is 8.73. The van der Waals surface area contributed by atoms with Crippen LogP contribution in [0, 0.1) is 17.2 Å². The first-order valence-electron chi connectivity index (χ1n) is 7.05. The van der Waals surface area contributed by atoms with Crippen LogP contribution in [0.3, 0.4) is 0 Å². The summed E-state index contributed by atoms with van der Waals surface area (Å²) in [6.45, 7) is 2.26. The Morgan fingerprint density at radius 2 is 1.89 bits per heavy atom. The van der Waals surface area contributed by atoms with E-state index in [9.17, 15) is 0 Å². The Morgan fingerprint density at radius 3 is 2.44 bits per heavy atom. The number of hydrogen-bond acceptors (Lipinski definition) is 3. The van der Waals surface area contributed by atoms with Crippen molar-refractivity contribution in [2.45, 2.75) is 57.8 Å². The summed E-state index contributed by atoms with van der Waals surface area (Å²) < 4.78 is 0. The first-order valence-corrected chi connectivity index (χ1v) is 7.05. The summed E-state index contributed by atoms with van der Waals surface area (Å²) in [5, 5.41) is 8.73. The normalized spacial score (nSPS) is 23.6. The molecule has 1 heterocycles. The Bertz CT molecular complexity index is 397. The van der Waals surface area contributed by atoms with Crippen molar-refractivity contribution in [2.75, 3.05) is 0 Å². The van der Waals surface area contributed by atoms with Crippen molar-refractivity contribution in [2.24, 2.45) is 5.92 Å². The molecule has 1 aromatic heterocycles. The lowest BCUT2D eigenvalue weighted by molar-refractivity contribution is 0.298. The van der Waals surface area contributed by atoms with Gasteiger partial charge in [-0.2, -0.15) is 5.26 Å². The lowest BCUT2D eigenvalue weighted by Gasteiger charge is -2.27. The molecule has 96 valence electrons. The van der Waals surface area contributed by atoms with Crippen LogP contribution in [-0.4, -0.2) is 9.97 Å². The molecule has 18 heavy (non-hydrogen) atoms. The fourth-order valence-electron chi connectivity index (χ4n) is 2.81. The molecular weight excluding hydrogens is 222 g/mol. The lowest BCUT2D eigenvalue weighted by Crippen LogP contribution is -2.15. The van der Waals surface area contributed by atoms with Crippen molar-refractivity contribution < 1.29 is 0 Å². The molecule has 2 rings (SSSR count). The van der Waals surface area contributed by atoms with E-state index in [0.29, 0.717) is 11.5 Å². The Balaban J connectivity index is 1.87. The summed E-state index contributed by atoms with van der Waals surface area (Å²) in [4.78, 5) is 8.65. The van der Waals surface area contributed by atoms with E-state index >= 15 is 0 Å². The van der Waals surface area contributed by atoms with Crippen LogP contribution in [0.25, 0.3) is 0 Å². The van der Waals surface area contributed by atoms with E-state index in [1.54, 1.807) is 12.4 Å². The predicted octanol–water partition coefficient (Wildman–Crippen LogP) is 3.81. The van der Waals surface area contributed by atoms with Gasteiger partial charge in [-0.1, -0.05) is 26.2 Å². The zero-order chi connectivity index (χ0) is 12.8. The second-order valence-electron chi connectivity index (χ2n) is 5.30. The van der Waals surface area contributed by atoms with Gasteiger partial charge in [0.15, 0.2) is 0 Å². The number of nitrogens with zero attached hydrogens (tertiary/aromatic N) is 3. The number of aromatic nitrogens is 2. The minimum atomic E-state index is 0.510. The van der Waals surface area contributed by atoms with Crippen molar-refractivity contribution in [3.63, 3.8) is 0 Å². The molecule has 1 aromatic rings. The second kappa shape index (κ2) is 6.49. The summed E-state index contributed by atoms with van der Waals surface area (Å²) in [6.07, 6.45) is 12.4. The first kappa shape index (κ1) is 13.0. The molecule has 1 saturated carbocycles. The van der Waals surface area contributed by atoms with Crippen molar-refractivity contribution in [3.8, 4) is 6.07 Å². The molecule has 0 aliphatic heterocycles. The third kappa shape index (κ3) is 3.29. The van der Waals surface area contributed by atoms with Crippen LogP contribution in [0.1, 0.15) is 69.2 Å². The fraction of sp³-hybridized carbons (Fsp3) is 0.667. The molecule has 0 N–H and O–H groups in total. The average Bonchev–Trinajstić information content (AvgIpc) is 2.46. The fourth-order valence-corrected chi connectivity index (χ4v) is 2.81. The molecule has 0 radical (unpaired) electrons. The largest absolute Gasteiger partial charge is 0.240 e. The monoisotopic (exact) mass is 243 g/mol. The molecule has 1 aliphatic rings. The van der Waals surface area contributed by atoms with Crippen molar-refractivity contribution >= 4 is 0 Å². The Morgan fingerprint density at radius 1 is 1.22 bits per heavy atom. The van der Waals surface area contributed by atoms with E-state index in [4.69, 9.17) is 5.26 Å². The molecular formula is C15H21N3. The summed E-state index contributed by atoms with van der Waals surface area (Å²) >= 11 is 0. The summed E-state index contributed by atoms with van der Waals surface area (Å²) in [7, 11) is 0. The molecule has 0 spiro atoms. The molecule has 1 aliphatic carbocycles. The van der Waals surface area contributed by atoms with Gasteiger partial charge in [0, 0.05) is 18.3 Å². The number of unbranched alkanes of at least 4 members (excludes halogenated alkanes) is 1. The topological polar surface area (TPSA) is 49.6 Å². The minimum absolute atomic E-state index is 0.510. The molecule has 3 nitrogen and oxygen atoms in total. The van der Waals surface area contributed by atoms with Crippen LogP contribution in [-0.2, 0) is 0 Å². The van der Waals surface area contributed by atoms with Crippen molar-refractivity contribution in [1.29, 1.82) is 5.26 Å². The van der Waals surface area contributed by atoms with E-state index in [1.807, 2.05) is 0 Å². The van der Waals surface area contributed by atoms with E-state index in [1.165, 1.54) is 44.9 Å². The molecule has 0 amide bonds. The van der Waals surface area contributed by atoms with Crippen LogP contribution < -0.4 is 0 Å². The molecule has 0 unspecified atom stereocenters. The van der Waals surface area contributed by atoms with E-state index in [2.05, 4.69) is 23.0 Å². The molecule has 3 heteroatoms. The third-order valence-corrected chi connectivity index (χ3v) is 3.98. The Kier molecular flexibility index (Phi) is 4.69. The maximum atomic E-state index is 8.73. The minimum Gasteiger partial charge on any atom is -0.240 e. The Labute approximate surface area is 109 Å². The van der Waals surface area contributed by atoms with Gasteiger partial charge in [0.05, 0.1) is 5.56 Å². The lowest BCUT2D eigenvalue weighted by atomic mass is 9.79. The second-order valence-corrected chi connectivity index (χ2v) is 5.30. The van der Waals surface area contributed by atoms with Crippen LogP contribution >= 0.6 is 0 Å². The highest BCUT2D eigenvalue weighted by Crippen LogP contribution is 2.36. The van der Waals surface area contributed by atoms with E-state index in [-0.39, 0.29) is 0 Å². The van der Waals surface area contributed by atoms with Gasteiger partial charge in [-0.05, 0) is 31.6 Å². The summed E-state index contributed by atoms with van der Waals surface area (Å²) in [5.41, 5.74) is 0.551. The highest BCUT2D eigenvalue weighted by Gasteiger charge is 2.23. The number of nitriles is 1. The van der Waals surface area contributed by atoms with Gasteiger partial charge in [0.25, 0.3) is 0 Å². The smallest absolute Gasteiger partial charge is 0.131 e. The Hall–Kier alpha value is -1.43. The van der Waals surface area contributed by atoms with Crippen LogP contribution in [0.4, 0.5) is 0 Å². The summed E-state index contributed by atoms with van der Waals surface area (Å²) in [6, 6.07) is 2.06. The quantitative estimate of drug-likeness (QED) is 0.807. The average molecular weight is 243 g/mol. The molecule has 0 atom stereocenters. The van der Waals surface area contributed by atoms with Gasteiger partial charge in [-0.15, -0.1) is 0 Å². The predicted molar refractivity (Wildman–Crippen MR) is 71.0 cm³/mol. The molecule has 0 aromatic carbocycles. The van der Waals surface area contributed by atoms with E-state index < -0.39 is 0 Å². The van der Waals surface area contributed by atoms with Crippen LogP contribution in [0.15, 0.2) is 12.4 Å². The number of rotatable bonds is 4. The number of hydrogen-bond donors (Lipinski definition) is 0. The standard InChI is InChI=1S/C15H21N3/c1-2-3-4-12-5-7-14(8-6-12)15-17-10-13(9-16)11-18-15/h10-12,14H,2-8H2,1H3/t12-,14-. The zero-order valence-electron chi connectivity index (χ0n) is 11.1. The van der Waals surface area contributed by atoms with Gasteiger partial charge < -0.3 is 0 Å². The van der Waals surface area contributed by atoms with Crippen molar-refractivity contribution in [1.82, 2.24) is 9.97 Å². The first-order chi connectivity index (χ1) is 8.83. The molecule has 0 saturated heterocycles. The van der Waals surface area contributed by atoms with Gasteiger partial charge in [0.1, 0.15) is 11.9 Å². The van der Waals surface area contributed by atoms with Crippen LogP contribution in [0.5, 0.6) is 0 Å². The van der Waals surface area contributed by atoms with Gasteiger partial charge in [-0.3, -0.25) is 0 Å². The third-order valence-electron chi connectivity index (χ3n) is 3.98. The van der Waals surface area contributed by atoms with Crippen molar-refractivity contribution in [3.05, 3.63) is 23.8 Å². The zero-order valence-corrected chi connectivity index (χ0v) is 11.1. The molecule has 1 fully saturated rings. The van der Waals surface area contributed by atoms with Gasteiger partial charge in [0.2, 0.25) is 0 Å². The summed E-state index contributed by atoms with van der Waals surface area (Å²) in [5.74, 6) is 2.36.